The van der Waals surface area contributed by atoms with E-state index in [9.17, 15) is 14.6 Å². The summed E-state index contributed by atoms with van der Waals surface area (Å²) in [4.78, 5) is 29.7. The lowest BCUT2D eigenvalue weighted by Crippen LogP contribution is -2.51. The molecule has 1 aromatic heterocycles. The summed E-state index contributed by atoms with van der Waals surface area (Å²) in [5.41, 5.74) is 8.87. The molecule has 150 valence electrons. The maximum absolute atomic E-state index is 13.0. The van der Waals surface area contributed by atoms with Crippen LogP contribution in [0.2, 0.25) is 0 Å². The van der Waals surface area contributed by atoms with E-state index in [0.29, 0.717) is 11.0 Å². The molecule has 0 bridgehead atoms. The molecule has 30 heavy (non-hydrogen) atoms. The number of fused-ring (bicyclic) bond motifs is 2. The Morgan fingerprint density at radius 2 is 2.00 bits per heavy atom. The molecule has 3 aromatic rings. The number of benzene rings is 2. The van der Waals surface area contributed by atoms with Crippen LogP contribution in [0, 0.1) is 0 Å². The van der Waals surface area contributed by atoms with E-state index in [1.54, 1.807) is 30.6 Å². The Morgan fingerprint density at radius 3 is 2.77 bits per heavy atom. The van der Waals surface area contributed by atoms with Gasteiger partial charge in [0.25, 0.3) is 0 Å². The van der Waals surface area contributed by atoms with Crippen LogP contribution in [0.3, 0.4) is 0 Å². The number of ketones is 1. The lowest BCUT2D eigenvalue weighted by Gasteiger charge is -2.25. The molecule has 0 unspecified atom stereocenters. The highest BCUT2D eigenvalue weighted by Crippen LogP contribution is 2.22. The number of hydrogen-bond donors (Lipinski definition) is 2. The van der Waals surface area contributed by atoms with Crippen LogP contribution in [0.1, 0.15) is 29.5 Å². The Kier molecular flexibility index (Phi) is 5.43. The number of hydrazone groups is 1. The van der Waals surface area contributed by atoms with Gasteiger partial charge in [0, 0.05) is 37.7 Å². The van der Waals surface area contributed by atoms with Gasteiger partial charge in [-0.3, -0.25) is 14.6 Å². The lowest BCUT2D eigenvalue weighted by molar-refractivity contribution is -0.125. The molecule has 0 saturated heterocycles. The second-order valence-electron chi connectivity index (χ2n) is 7.36. The van der Waals surface area contributed by atoms with Crippen molar-refractivity contribution in [2.24, 2.45) is 10.8 Å². The second-order valence-corrected chi connectivity index (χ2v) is 7.36. The molecule has 1 atom stereocenters. The zero-order chi connectivity index (χ0) is 21.3. The van der Waals surface area contributed by atoms with E-state index in [2.05, 4.69) is 10.1 Å². The van der Waals surface area contributed by atoms with E-state index >= 15 is 0 Å². The van der Waals surface area contributed by atoms with Gasteiger partial charge in [-0.05, 0) is 39.7 Å². The van der Waals surface area contributed by atoms with Crippen molar-refractivity contribution in [3.8, 4) is 0 Å². The van der Waals surface area contributed by atoms with E-state index in [4.69, 9.17) is 5.73 Å². The number of hydrogen-bond acceptors (Lipinski definition) is 6. The highest BCUT2D eigenvalue weighted by atomic mass is 16.2. The zero-order valence-corrected chi connectivity index (χ0v) is 16.5. The molecule has 0 aliphatic carbocycles. The molecule has 8 heteroatoms. The van der Waals surface area contributed by atoms with Gasteiger partial charge in [0.15, 0.2) is 0 Å². The molecule has 0 radical (unpaired) electrons. The van der Waals surface area contributed by atoms with Gasteiger partial charge in [0.2, 0.25) is 5.91 Å². The Morgan fingerprint density at radius 1 is 1.17 bits per heavy atom. The van der Waals surface area contributed by atoms with Crippen LogP contribution in [0.25, 0.3) is 10.8 Å². The number of Topliss-reactive ketones (excluding diaryl/α,β-unsaturated/α-hetero) is 1. The van der Waals surface area contributed by atoms with Gasteiger partial charge in [-0.1, -0.05) is 30.3 Å². The fourth-order valence-corrected chi connectivity index (χ4v) is 3.75. The van der Waals surface area contributed by atoms with Crippen molar-refractivity contribution in [1.29, 1.82) is 0 Å². The van der Waals surface area contributed by atoms with Crippen LogP contribution < -0.4 is 11.2 Å². The third kappa shape index (κ3) is 3.75. The van der Waals surface area contributed by atoms with Crippen molar-refractivity contribution < 1.29 is 14.6 Å². The van der Waals surface area contributed by atoms with Gasteiger partial charge < -0.3 is 10.8 Å². The summed E-state index contributed by atoms with van der Waals surface area (Å²) in [5.74, 6) is -0.806. The maximum Gasteiger partial charge on any atom is 0.474 e. The zero-order valence-electron chi connectivity index (χ0n) is 16.5. The number of rotatable bonds is 5. The monoisotopic (exact) mass is 400 g/mol. The van der Waals surface area contributed by atoms with Crippen molar-refractivity contribution in [2.45, 2.75) is 19.3 Å². The highest BCUT2D eigenvalue weighted by Gasteiger charge is 2.32. The van der Waals surface area contributed by atoms with Crippen LogP contribution in [0.15, 0.2) is 60.0 Å². The van der Waals surface area contributed by atoms with Crippen molar-refractivity contribution in [3.63, 3.8) is 0 Å². The molecule has 0 spiro atoms. The maximum atomic E-state index is 13.0. The normalized spacial score (nSPS) is 14.0. The van der Waals surface area contributed by atoms with Crippen molar-refractivity contribution in [2.75, 3.05) is 6.54 Å². The summed E-state index contributed by atoms with van der Waals surface area (Å²) in [6, 6.07) is 13.1. The SMILES string of the molecule is CC(=O)N1N=Cc2cc([C@@H](CN)C(=O)Cc3ccc4cnccc4c3)ccc2B1O. The predicted molar refractivity (Wildman–Crippen MR) is 116 cm³/mol. The topological polar surface area (TPSA) is 109 Å². The number of amides is 1. The smallest absolute Gasteiger partial charge is 0.427 e. The van der Waals surface area contributed by atoms with Gasteiger partial charge in [0.05, 0.1) is 12.1 Å². The molecule has 0 fully saturated rings. The number of nitrogens with two attached hydrogens (primary N) is 1. The lowest BCUT2D eigenvalue weighted by atomic mass is 9.69. The second kappa shape index (κ2) is 8.18. The van der Waals surface area contributed by atoms with Crippen molar-refractivity contribution in [3.05, 3.63) is 71.5 Å². The molecule has 4 rings (SSSR count). The third-order valence-electron chi connectivity index (χ3n) is 5.37. The number of carbonyl (C=O) groups excluding carboxylic acids is 2. The minimum atomic E-state index is -1.14. The molecule has 3 N–H and O–H groups in total. The summed E-state index contributed by atoms with van der Waals surface area (Å²) in [6.45, 7) is 1.51. The fourth-order valence-electron chi connectivity index (χ4n) is 3.75. The predicted octanol–water partition coefficient (Wildman–Crippen LogP) is 0.972. The van der Waals surface area contributed by atoms with Crippen LogP contribution >= 0.6 is 0 Å². The summed E-state index contributed by atoms with van der Waals surface area (Å²) in [7, 11) is -1.14. The Hall–Kier alpha value is -3.36. The first-order chi connectivity index (χ1) is 14.5. The van der Waals surface area contributed by atoms with Gasteiger partial charge in [-0.2, -0.15) is 5.10 Å². The van der Waals surface area contributed by atoms with E-state index in [1.165, 1.54) is 13.1 Å². The minimum Gasteiger partial charge on any atom is -0.427 e. The first-order valence-corrected chi connectivity index (χ1v) is 9.69. The molecular weight excluding hydrogens is 379 g/mol. The summed E-state index contributed by atoms with van der Waals surface area (Å²) < 4.78 is 0. The van der Waals surface area contributed by atoms with Crippen LogP contribution in [0.5, 0.6) is 0 Å². The number of carbonyl (C=O) groups is 2. The van der Waals surface area contributed by atoms with Gasteiger partial charge in [-0.25, -0.2) is 4.92 Å². The van der Waals surface area contributed by atoms with E-state index < -0.39 is 13.0 Å². The van der Waals surface area contributed by atoms with Crippen LogP contribution in [-0.4, -0.2) is 46.4 Å². The molecule has 1 aliphatic rings. The molecule has 2 heterocycles. The Labute approximate surface area is 174 Å². The van der Waals surface area contributed by atoms with Gasteiger partial charge >= 0.3 is 7.05 Å². The Balaban J connectivity index is 1.57. The number of pyridine rings is 1. The standard InChI is InChI=1S/C22H21BN4O3/c1-14(28)27-23(30)21-5-4-17(10-19(21)13-26-27)20(11-24)22(29)9-15-2-3-18-12-25-7-6-16(18)8-15/h2-8,10,12-13,20,30H,9,11,24H2,1H3/t20-/m1/s1. The molecule has 2 aromatic carbocycles. The third-order valence-corrected chi connectivity index (χ3v) is 5.37. The minimum absolute atomic E-state index is 0.0181. The Bertz CT molecular complexity index is 1160. The van der Waals surface area contributed by atoms with E-state index in [0.717, 1.165) is 26.8 Å². The fraction of sp³-hybridized carbons (Fsp3) is 0.182. The van der Waals surface area contributed by atoms with Gasteiger partial charge in [0.1, 0.15) is 5.78 Å². The average Bonchev–Trinajstić information content (AvgIpc) is 2.74. The van der Waals surface area contributed by atoms with Crippen molar-refractivity contribution >= 4 is 41.2 Å². The average molecular weight is 400 g/mol. The van der Waals surface area contributed by atoms with Crippen LogP contribution in [0.4, 0.5) is 0 Å². The summed E-state index contributed by atoms with van der Waals surface area (Å²) >= 11 is 0. The molecule has 7 nitrogen and oxygen atoms in total. The first-order valence-electron chi connectivity index (χ1n) is 9.69. The number of aromatic nitrogens is 1. The highest BCUT2D eigenvalue weighted by molar-refractivity contribution is 6.67. The first kappa shape index (κ1) is 19.9. The quantitative estimate of drug-likeness (QED) is 0.621. The molecule has 0 saturated carbocycles. The number of nitrogens with zero attached hydrogens (tertiary/aromatic N) is 3. The van der Waals surface area contributed by atoms with Gasteiger partial charge in [-0.15, -0.1) is 0 Å². The van der Waals surface area contributed by atoms with Crippen LogP contribution in [-0.2, 0) is 16.0 Å². The van der Waals surface area contributed by atoms with E-state index in [-0.39, 0.29) is 24.7 Å². The molecular formula is C22H21BN4O3. The summed E-state index contributed by atoms with van der Waals surface area (Å²) in [6.07, 6.45) is 5.31. The molecule has 1 amide bonds. The van der Waals surface area contributed by atoms with Crippen molar-refractivity contribution in [1.82, 2.24) is 9.90 Å². The molecule has 1 aliphatic heterocycles. The van der Waals surface area contributed by atoms with E-state index in [1.807, 2.05) is 24.3 Å². The summed E-state index contributed by atoms with van der Waals surface area (Å²) in [5, 5.41) is 16.4. The largest absolute Gasteiger partial charge is 0.474 e.